The first-order chi connectivity index (χ1) is 9.10. The molecule has 19 heavy (non-hydrogen) atoms. The van der Waals surface area contributed by atoms with E-state index in [9.17, 15) is 9.59 Å². The SMILES string of the molecule is CCCc1ccccc1C(=O)N[C@@H](COC)C(=O)O. The molecule has 2 N–H and O–H groups in total. The number of nitrogens with one attached hydrogen (secondary N) is 1. The number of benzene rings is 1. The number of hydrogen-bond acceptors (Lipinski definition) is 3. The maximum atomic E-state index is 12.1. The summed E-state index contributed by atoms with van der Waals surface area (Å²) in [6, 6.07) is 6.18. The Morgan fingerprint density at radius 3 is 2.63 bits per heavy atom. The molecule has 0 saturated heterocycles. The van der Waals surface area contributed by atoms with Crippen LogP contribution in [0.5, 0.6) is 0 Å². The number of ether oxygens (including phenoxy) is 1. The van der Waals surface area contributed by atoms with Crippen molar-refractivity contribution in [3.63, 3.8) is 0 Å². The van der Waals surface area contributed by atoms with E-state index in [0.717, 1.165) is 18.4 Å². The molecular weight excluding hydrogens is 246 g/mol. The molecule has 1 atom stereocenters. The third-order valence-corrected chi connectivity index (χ3v) is 2.72. The highest BCUT2D eigenvalue weighted by Gasteiger charge is 2.21. The number of amides is 1. The van der Waals surface area contributed by atoms with Gasteiger partial charge in [-0.3, -0.25) is 4.79 Å². The molecule has 0 radical (unpaired) electrons. The third kappa shape index (κ3) is 4.37. The summed E-state index contributed by atoms with van der Waals surface area (Å²) >= 11 is 0. The molecular formula is C14H19NO4. The first kappa shape index (κ1) is 15.2. The first-order valence-corrected chi connectivity index (χ1v) is 6.20. The van der Waals surface area contributed by atoms with Crippen molar-refractivity contribution in [1.29, 1.82) is 0 Å². The molecule has 5 heteroatoms. The van der Waals surface area contributed by atoms with Gasteiger partial charge in [0.2, 0.25) is 0 Å². The summed E-state index contributed by atoms with van der Waals surface area (Å²) in [7, 11) is 1.40. The molecule has 0 saturated carbocycles. The molecule has 1 aromatic rings. The number of aliphatic carboxylic acids is 1. The average Bonchev–Trinajstić information content (AvgIpc) is 2.39. The van der Waals surface area contributed by atoms with E-state index in [2.05, 4.69) is 5.32 Å². The van der Waals surface area contributed by atoms with Crippen LogP contribution in [0.4, 0.5) is 0 Å². The lowest BCUT2D eigenvalue weighted by atomic mass is 10.0. The Hall–Kier alpha value is -1.88. The number of methoxy groups -OCH3 is 1. The highest BCUT2D eigenvalue weighted by atomic mass is 16.5. The van der Waals surface area contributed by atoms with Gasteiger partial charge in [-0.1, -0.05) is 31.5 Å². The van der Waals surface area contributed by atoms with E-state index in [4.69, 9.17) is 9.84 Å². The lowest BCUT2D eigenvalue weighted by Gasteiger charge is -2.15. The van der Waals surface area contributed by atoms with E-state index < -0.39 is 12.0 Å². The van der Waals surface area contributed by atoms with Crippen LogP contribution in [-0.4, -0.2) is 36.7 Å². The monoisotopic (exact) mass is 265 g/mol. The van der Waals surface area contributed by atoms with Crippen LogP contribution in [0.25, 0.3) is 0 Å². The lowest BCUT2D eigenvalue weighted by Crippen LogP contribution is -2.44. The first-order valence-electron chi connectivity index (χ1n) is 6.20. The molecule has 0 spiro atoms. The second-order valence-electron chi connectivity index (χ2n) is 4.23. The summed E-state index contributed by atoms with van der Waals surface area (Å²) in [5.41, 5.74) is 1.44. The zero-order valence-corrected chi connectivity index (χ0v) is 11.2. The van der Waals surface area contributed by atoms with Gasteiger partial charge in [-0.05, 0) is 18.1 Å². The van der Waals surface area contributed by atoms with Crippen LogP contribution < -0.4 is 5.32 Å². The predicted octanol–water partition coefficient (Wildman–Crippen LogP) is 1.47. The molecule has 0 heterocycles. The van der Waals surface area contributed by atoms with Crippen LogP contribution in [0.3, 0.4) is 0 Å². The molecule has 0 aromatic heterocycles. The van der Waals surface area contributed by atoms with Crippen molar-refractivity contribution in [3.05, 3.63) is 35.4 Å². The molecule has 0 unspecified atom stereocenters. The largest absolute Gasteiger partial charge is 0.480 e. The van der Waals surface area contributed by atoms with Crippen molar-refractivity contribution < 1.29 is 19.4 Å². The number of carboxylic acid groups (broad SMARTS) is 1. The van der Waals surface area contributed by atoms with E-state index >= 15 is 0 Å². The Balaban J connectivity index is 2.84. The summed E-state index contributed by atoms with van der Waals surface area (Å²) < 4.78 is 4.78. The van der Waals surface area contributed by atoms with Crippen molar-refractivity contribution in [3.8, 4) is 0 Å². The standard InChI is InChI=1S/C14H19NO4/c1-3-6-10-7-4-5-8-11(10)13(16)15-12(9-19-2)14(17)18/h4-5,7-8,12H,3,6,9H2,1-2H3,(H,15,16)(H,17,18)/t12-/m0/s1. The number of carbonyl (C=O) groups is 2. The average molecular weight is 265 g/mol. The van der Waals surface area contributed by atoms with Gasteiger partial charge in [0, 0.05) is 12.7 Å². The summed E-state index contributed by atoms with van der Waals surface area (Å²) in [6.45, 7) is 1.97. The van der Waals surface area contributed by atoms with E-state index in [1.54, 1.807) is 12.1 Å². The molecule has 5 nitrogen and oxygen atoms in total. The van der Waals surface area contributed by atoms with Crippen LogP contribution in [-0.2, 0) is 16.0 Å². The number of hydrogen-bond donors (Lipinski definition) is 2. The molecule has 1 amide bonds. The van der Waals surface area contributed by atoms with Gasteiger partial charge in [-0.25, -0.2) is 4.79 Å². The van der Waals surface area contributed by atoms with E-state index in [0.29, 0.717) is 5.56 Å². The Morgan fingerprint density at radius 2 is 2.05 bits per heavy atom. The minimum absolute atomic E-state index is 0.0585. The van der Waals surface area contributed by atoms with Crippen molar-refractivity contribution in [2.75, 3.05) is 13.7 Å². The van der Waals surface area contributed by atoms with Gasteiger partial charge in [0.25, 0.3) is 5.91 Å². The van der Waals surface area contributed by atoms with Crippen LogP contribution in [0.1, 0.15) is 29.3 Å². The lowest BCUT2D eigenvalue weighted by molar-refractivity contribution is -0.140. The zero-order valence-electron chi connectivity index (χ0n) is 11.2. The third-order valence-electron chi connectivity index (χ3n) is 2.72. The molecule has 1 aromatic carbocycles. The second kappa shape index (κ2) is 7.53. The van der Waals surface area contributed by atoms with Crippen molar-refractivity contribution in [2.45, 2.75) is 25.8 Å². The van der Waals surface area contributed by atoms with Gasteiger partial charge < -0.3 is 15.2 Å². The quantitative estimate of drug-likeness (QED) is 0.782. The highest BCUT2D eigenvalue weighted by Crippen LogP contribution is 2.11. The summed E-state index contributed by atoms with van der Waals surface area (Å²) in [6.07, 6.45) is 1.70. The maximum Gasteiger partial charge on any atom is 0.328 e. The summed E-state index contributed by atoms with van der Waals surface area (Å²) in [5, 5.41) is 11.4. The Bertz CT molecular complexity index is 445. The molecule has 0 bridgehead atoms. The highest BCUT2D eigenvalue weighted by molar-refractivity contribution is 5.97. The Labute approximate surface area is 112 Å². The fourth-order valence-corrected chi connectivity index (χ4v) is 1.81. The van der Waals surface area contributed by atoms with Crippen LogP contribution >= 0.6 is 0 Å². The van der Waals surface area contributed by atoms with E-state index in [1.807, 2.05) is 19.1 Å². The zero-order chi connectivity index (χ0) is 14.3. The van der Waals surface area contributed by atoms with Crippen LogP contribution in [0, 0.1) is 0 Å². The minimum Gasteiger partial charge on any atom is -0.480 e. The molecule has 0 fully saturated rings. The minimum atomic E-state index is -1.11. The van der Waals surface area contributed by atoms with Crippen molar-refractivity contribution in [1.82, 2.24) is 5.32 Å². The van der Waals surface area contributed by atoms with Crippen molar-refractivity contribution in [2.24, 2.45) is 0 Å². The van der Waals surface area contributed by atoms with Gasteiger partial charge in [0.1, 0.15) is 0 Å². The van der Waals surface area contributed by atoms with Gasteiger partial charge in [0.05, 0.1) is 6.61 Å². The Morgan fingerprint density at radius 1 is 1.37 bits per heavy atom. The van der Waals surface area contributed by atoms with Crippen molar-refractivity contribution >= 4 is 11.9 Å². The van der Waals surface area contributed by atoms with Crippen LogP contribution in [0.15, 0.2) is 24.3 Å². The molecule has 0 aliphatic heterocycles. The predicted molar refractivity (Wildman–Crippen MR) is 71.2 cm³/mol. The fourth-order valence-electron chi connectivity index (χ4n) is 1.81. The summed E-state index contributed by atoms with van der Waals surface area (Å²) in [4.78, 5) is 23.1. The number of carbonyl (C=O) groups excluding carboxylic acids is 1. The number of carboxylic acids is 1. The number of aryl methyl sites for hydroxylation is 1. The second-order valence-corrected chi connectivity index (χ2v) is 4.23. The number of rotatable bonds is 7. The van der Waals surface area contributed by atoms with Gasteiger partial charge >= 0.3 is 5.97 Å². The fraction of sp³-hybridized carbons (Fsp3) is 0.429. The topological polar surface area (TPSA) is 75.6 Å². The Kier molecular flexibility index (Phi) is 6.02. The molecule has 0 aliphatic rings. The van der Waals surface area contributed by atoms with E-state index in [1.165, 1.54) is 7.11 Å². The smallest absolute Gasteiger partial charge is 0.328 e. The van der Waals surface area contributed by atoms with Gasteiger partial charge in [0.15, 0.2) is 6.04 Å². The van der Waals surface area contributed by atoms with E-state index in [-0.39, 0.29) is 12.5 Å². The molecule has 0 aliphatic carbocycles. The molecule has 104 valence electrons. The normalized spacial score (nSPS) is 11.9. The maximum absolute atomic E-state index is 12.1. The van der Waals surface area contributed by atoms with Crippen LogP contribution in [0.2, 0.25) is 0 Å². The van der Waals surface area contributed by atoms with Gasteiger partial charge in [-0.15, -0.1) is 0 Å². The molecule has 1 rings (SSSR count). The summed E-state index contributed by atoms with van der Waals surface area (Å²) in [5.74, 6) is -1.49. The van der Waals surface area contributed by atoms with Gasteiger partial charge in [-0.2, -0.15) is 0 Å².